The highest BCUT2D eigenvalue weighted by molar-refractivity contribution is 7.94. The molecule has 15 heavy (non-hydrogen) atoms. The molecular formula is C9H10Cl2O3S. The second kappa shape index (κ2) is 4.29. The molecule has 84 valence electrons. The first-order valence-corrected chi connectivity index (χ1v) is 6.72. The third-order valence-electron chi connectivity index (χ3n) is 1.93. The Morgan fingerprint density at radius 3 is 2.13 bits per heavy atom. The number of aliphatic hydroxyl groups is 1. The molecule has 1 atom stereocenters. The van der Waals surface area contributed by atoms with Crippen molar-refractivity contribution in [3.8, 4) is 0 Å². The van der Waals surface area contributed by atoms with Crippen LogP contribution in [0.2, 0.25) is 0 Å². The van der Waals surface area contributed by atoms with Gasteiger partial charge in [-0.15, -0.1) is 0 Å². The molecule has 3 nitrogen and oxygen atoms in total. The van der Waals surface area contributed by atoms with Gasteiger partial charge in [0.15, 0.2) is 9.84 Å². The first-order chi connectivity index (χ1) is 6.77. The molecule has 0 aliphatic rings. The molecule has 0 fully saturated rings. The average molecular weight is 269 g/mol. The molecule has 0 spiro atoms. The van der Waals surface area contributed by atoms with E-state index in [0.717, 1.165) is 6.26 Å². The third-order valence-corrected chi connectivity index (χ3v) is 5.24. The lowest BCUT2D eigenvalue weighted by atomic mass is 10.1. The number of hydrogen-bond donors (Lipinski definition) is 1. The van der Waals surface area contributed by atoms with E-state index < -0.39 is 19.6 Å². The number of aliphatic hydroxyl groups excluding tert-OH is 1. The number of sulfone groups is 1. The van der Waals surface area contributed by atoms with Gasteiger partial charge in [-0.2, -0.15) is 0 Å². The van der Waals surface area contributed by atoms with Gasteiger partial charge in [0.1, 0.15) is 6.10 Å². The van der Waals surface area contributed by atoms with Crippen molar-refractivity contribution in [3.63, 3.8) is 0 Å². The molecule has 0 aromatic heterocycles. The average Bonchev–Trinajstić information content (AvgIpc) is 2.16. The molecule has 1 aromatic rings. The molecule has 0 aliphatic heterocycles. The minimum atomic E-state index is -3.77. The zero-order valence-corrected chi connectivity index (χ0v) is 10.2. The molecule has 1 rings (SSSR count). The molecule has 0 radical (unpaired) electrons. The first kappa shape index (κ1) is 12.8. The minimum Gasteiger partial charge on any atom is -0.384 e. The smallest absolute Gasteiger partial charge is 0.247 e. The molecule has 0 aliphatic carbocycles. The number of benzene rings is 1. The normalized spacial score (nSPS) is 14.9. The zero-order chi connectivity index (χ0) is 11.7. The molecule has 1 N–H and O–H groups in total. The van der Waals surface area contributed by atoms with Gasteiger partial charge in [0.25, 0.3) is 0 Å². The topological polar surface area (TPSA) is 54.4 Å². The van der Waals surface area contributed by atoms with Crippen LogP contribution in [0.5, 0.6) is 0 Å². The van der Waals surface area contributed by atoms with Crippen LogP contribution >= 0.6 is 23.2 Å². The van der Waals surface area contributed by atoms with Crippen molar-refractivity contribution in [2.45, 2.75) is 9.77 Å². The minimum absolute atomic E-state index is 0.355. The largest absolute Gasteiger partial charge is 0.384 e. The Kier molecular flexibility index (Phi) is 3.66. The maximum Gasteiger partial charge on any atom is 0.247 e. The Labute approximate surface area is 98.6 Å². The van der Waals surface area contributed by atoms with Crippen LogP contribution in [0.4, 0.5) is 0 Å². The van der Waals surface area contributed by atoms with Gasteiger partial charge in [-0.1, -0.05) is 53.5 Å². The van der Waals surface area contributed by atoms with Crippen LogP contribution in [0.3, 0.4) is 0 Å². The maximum absolute atomic E-state index is 11.2. The highest BCUT2D eigenvalue weighted by Gasteiger charge is 2.44. The summed E-state index contributed by atoms with van der Waals surface area (Å²) in [6, 6.07) is 8.15. The lowest BCUT2D eigenvalue weighted by molar-refractivity contribution is 0.181. The predicted octanol–water partition coefficient (Wildman–Crippen LogP) is 1.90. The van der Waals surface area contributed by atoms with Crippen molar-refractivity contribution < 1.29 is 13.5 Å². The van der Waals surface area contributed by atoms with Crippen LogP contribution in [0.25, 0.3) is 0 Å². The van der Waals surface area contributed by atoms with Gasteiger partial charge in [0.05, 0.1) is 0 Å². The Morgan fingerprint density at radius 1 is 1.27 bits per heavy atom. The van der Waals surface area contributed by atoms with E-state index in [1.54, 1.807) is 30.3 Å². The van der Waals surface area contributed by atoms with Crippen LogP contribution in [-0.4, -0.2) is 23.4 Å². The Morgan fingerprint density at radius 2 is 1.73 bits per heavy atom. The van der Waals surface area contributed by atoms with Gasteiger partial charge >= 0.3 is 0 Å². The van der Waals surface area contributed by atoms with Crippen LogP contribution in [0.15, 0.2) is 30.3 Å². The van der Waals surface area contributed by atoms with E-state index in [4.69, 9.17) is 23.2 Å². The fourth-order valence-corrected chi connectivity index (χ4v) is 1.83. The Hall–Kier alpha value is -0.290. The monoisotopic (exact) mass is 268 g/mol. The molecule has 6 heteroatoms. The fourth-order valence-electron chi connectivity index (χ4n) is 1.03. The summed E-state index contributed by atoms with van der Waals surface area (Å²) in [5.74, 6) is 0. The van der Waals surface area contributed by atoms with E-state index in [1.807, 2.05) is 0 Å². The summed E-state index contributed by atoms with van der Waals surface area (Å²) >= 11 is 11.2. The van der Waals surface area contributed by atoms with E-state index in [0.29, 0.717) is 5.56 Å². The Bertz CT molecular complexity index is 428. The summed E-state index contributed by atoms with van der Waals surface area (Å²) in [7, 11) is -3.77. The molecule has 0 saturated carbocycles. The fraction of sp³-hybridized carbons (Fsp3) is 0.333. The van der Waals surface area contributed by atoms with Crippen molar-refractivity contribution >= 4 is 33.0 Å². The summed E-state index contributed by atoms with van der Waals surface area (Å²) in [4.78, 5) is 0. The molecule has 0 unspecified atom stereocenters. The van der Waals surface area contributed by atoms with Crippen molar-refractivity contribution in [2.75, 3.05) is 6.26 Å². The Balaban J connectivity index is 3.11. The van der Waals surface area contributed by atoms with E-state index >= 15 is 0 Å². The van der Waals surface area contributed by atoms with Gasteiger partial charge in [0, 0.05) is 6.26 Å². The van der Waals surface area contributed by atoms with Crippen molar-refractivity contribution in [1.29, 1.82) is 0 Å². The van der Waals surface area contributed by atoms with Gasteiger partial charge in [0.2, 0.25) is 3.67 Å². The van der Waals surface area contributed by atoms with Crippen LogP contribution in [0, 0.1) is 0 Å². The summed E-state index contributed by atoms with van der Waals surface area (Å²) in [6.45, 7) is 0. The predicted molar refractivity (Wildman–Crippen MR) is 60.7 cm³/mol. The highest BCUT2D eigenvalue weighted by Crippen LogP contribution is 2.40. The second-order valence-electron chi connectivity index (χ2n) is 3.15. The van der Waals surface area contributed by atoms with Crippen LogP contribution in [-0.2, 0) is 9.84 Å². The lowest BCUT2D eigenvalue weighted by Gasteiger charge is -2.23. The first-order valence-electron chi connectivity index (χ1n) is 4.07. The highest BCUT2D eigenvalue weighted by atomic mass is 35.5. The van der Waals surface area contributed by atoms with Gasteiger partial charge in [-0.25, -0.2) is 8.42 Å². The summed E-state index contributed by atoms with van der Waals surface area (Å²) in [5, 5.41) is 9.74. The van der Waals surface area contributed by atoms with Crippen molar-refractivity contribution in [1.82, 2.24) is 0 Å². The van der Waals surface area contributed by atoms with Gasteiger partial charge in [-0.05, 0) is 5.56 Å². The van der Waals surface area contributed by atoms with Crippen molar-refractivity contribution in [3.05, 3.63) is 35.9 Å². The van der Waals surface area contributed by atoms with Crippen LogP contribution < -0.4 is 0 Å². The molecule has 0 saturated heterocycles. The van der Waals surface area contributed by atoms with E-state index in [9.17, 15) is 13.5 Å². The second-order valence-corrected chi connectivity index (χ2v) is 7.17. The molecule has 1 aromatic carbocycles. The quantitative estimate of drug-likeness (QED) is 0.852. The number of hydrogen-bond acceptors (Lipinski definition) is 3. The summed E-state index contributed by atoms with van der Waals surface area (Å²) in [6.07, 6.45) is -0.601. The number of rotatable bonds is 3. The van der Waals surface area contributed by atoms with Gasteiger partial charge < -0.3 is 5.11 Å². The molecule has 0 amide bonds. The standard InChI is InChI=1S/C9H10Cl2O3S/c1-15(13,14)9(10,11)8(12)7-5-3-2-4-6-7/h2-6,8,12H,1H3/t8-/m0/s1. The summed E-state index contributed by atoms with van der Waals surface area (Å²) in [5.41, 5.74) is 0.355. The summed E-state index contributed by atoms with van der Waals surface area (Å²) < 4.78 is 20.3. The zero-order valence-electron chi connectivity index (χ0n) is 7.89. The maximum atomic E-state index is 11.2. The van der Waals surface area contributed by atoms with E-state index in [2.05, 4.69) is 0 Å². The molecular weight excluding hydrogens is 259 g/mol. The number of alkyl halides is 2. The molecule has 0 bridgehead atoms. The number of halogens is 2. The van der Waals surface area contributed by atoms with E-state index in [-0.39, 0.29) is 0 Å². The van der Waals surface area contributed by atoms with Crippen molar-refractivity contribution in [2.24, 2.45) is 0 Å². The lowest BCUT2D eigenvalue weighted by Crippen LogP contribution is -2.32. The third kappa shape index (κ3) is 2.64. The van der Waals surface area contributed by atoms with Crippen LogP contribution in [0.1, 0.15) is 11.7 Å². The van der Waals surface area contributed by atoms with Gasteiger partial charge in [-0.3, -0.25) is 0 Å². The SMILES string of the molecule is CS(=O)(=O)C(Cl)(Cl)[C@@H](O)c1ccccc1. The van der Waals surface area contributed by atoms with E-state index in [1.165, 1.54) is 0 Å². The molecule has 0 heterocycles.